The molecule has 3 heteroatoms. The third-order valence-electron chi connectivity index (χ3n) is 3.68. The first-order chi connectivity index (χ1) is 8.95. The predicted octanol–water partition coefficient (Wildman–Crippen LogP) is 4.05. The lowest BCUT2D eigenvalue weighted by molar-refractivity contribution is 0.248. The normalized spacial score (nSPS) is 16.4. The molecule has 1 aromatic rings. The Kier molecular flexibility index (Phi) is 4.13. The lowest BCUT2D eigenvalue weighted by atomic mass is 9.87. The molecule has 0 unspecified atom stereocenters. The molecule has 19 heavy (non-hydrogen) atoms. The van der Waals surface area contributed by atoms with Crippen LogP contribution in [0.15, 0.2) is 24.3 Å². The fraction of sp³-hybridized carbons (Fsp3) is 0.562. The molecule has 0 spiro atoms. The van der Waals surface area contributed by atoms with Crippen molar-refractivity contribution in [2.75, 3.05) is 5.32 Å². The van der Waals surface area contributed by atoms with Crippen molar-refractivity contribution in [2.45, 2.75) is 57.9 Å². The molecule has 1 aliphatic rings. The van der Waals surface area contributed by atoms with E-state index in [-0.39, 0.29) is 11.4 Å². The van der Waals surface area contributed by atoms with Gasteiger partial charge in [0.15, 0.2) is 0 Å². The Labute approximate surface area is 115 Å². The highest BCUT2D eigenvalue weighted by molar-refractivity contribution is 5.89. The summed E-state index contributed by atoms with van der Waals surface area (Å²) in [4.78, 5) is 11.9. The van der Waals surface area contributed by atoms with E-state index >= 15 is 0 Å². The van der Waals surface area contributed by atoms with Gasteiger partial charge in [0, 0.05) is 11.7 Å². The van der Waals surface area contributed by atoms with E-state index in [0.29, 0.717) is 6.04 Å². The fourth-order valence-electron chi connectivity index (χ4n) is 2.49. The molecule has 2 N–H and O–H groups in total. The Morgan fingerprint density at radius 1 is 1.21 bits per heavy atom. The molecule has 1 aliphatic carbocycles. The van der Waals surface area contributed by atoms with Gasteiger partial charge in [-0.05, 0) is 36.0 Å². The van der Waals surface area contributed by atoms with Gasteiger partial charge >= 0.3 is 6.03 Å². The molecule has 0 saturated heterocycles. The maximum atomic E-state index is 11.9. The molecule has 0 radical (unpaired) electrons. The zero-order chi connectivity index (χ0) is 13.9. The van der Waals surface area contributed by atoms with Gasteiger partial charge in [0.1, 0.15) is 0 Å². The quantitative estimate of drug-likeness (QED) is 0.827. The van der Waals surface area contributed by atoms with Crippen molar-refractivity contribution < 1.29 is 4.79 Å². The molecule has 2 rings (SSSR count). The van der Waals surface area contributed by atoms with Gasteiger partial charge in [-0.2, -0.15) is 0 Å². The molecule has 3 nitrogen and oxygen atoms in total. The first-order valence-corrected chi connectivity index (χ1v) is 7.13. The van der Waals surface area contributed by atoms with Crippen LogP contribution >= 0.6 is 0 Å². The molecule has 0 bridgehead atoms. The van der Waals surface area contributed by atoms with Crippen molar-refractivity contribution in [3.8, 4) is 0 Å². The van der Waals surface area contributed by atoms with Crippen LogP contribution in [0.3, 0.4) is 0 Å². The fourth-order valence-corrected chi connectivity index (χ4v) is 2.49. The number of carbonyl (C=O) groups excluding carboxylic acids is 1. The Morgan fingerprint density at radius 2 is 1.89 bits per heavy atom. The molecule has 0 atom stereocenters. The van der Waals surface area contributed by atoms with Crippen LogP contribution in [-0.4, -0.2) is 12.1 Å². The molecule has 0 aromatic heterocycles. The van der Waals surface area contributed by atoms with Gasteiger partial charge in [-0.1, -0.05) is 45.7 Å². The van der Waals surface area contributed by atoms with E-state index in [1.54, 1.807) is 0 Å². The summed E-state index contributed by atoms with van der Waals surface area (Å²) < 4.78 is 0. The Bertz CT molecular complexity index is 442. The summed E-state index contributed by atoms with van der Waals surface area (Å²) in [7, 11) is 0. The number of hydrogen-bond acceptors (Lipinski definition) is 1. The van der Waals surface area contributed by atoms with E-state index in [1.165, 1.54) is 18.4 Å². The minimum atomic E-state index is -0.0852. The maximum absolute atomic E-state index is 11.9. The highest BCUT2D eigenvalue weighted by Gasteiger charge is 2.18. The molecule has 0 heterocycles. The van der Waals surface area contributed by atoms with Crippen LogP contribution in [0.1, 0.15) is 52.0 Å². The van der Waals surface area contributed by atoms with Crippen molar-refractivity contribution >= 4 is 11.7 Å². The number of nitrogens with one attached hydrogen (secondary N) is 2. The van der Waals surface area contributed by atoms with Gasteiger partial charge in [-0.25, -0.2) is 4.79 Å². The standard InChI is InChI=1S/C16H24N2O/c1-16(2,3)12-7-6-10-14(11-12)18-15(19)17-13-8-4-5-9-13/h6-7,10-11,13H,4-5,8-9H2,1-3H3,(H2,17,18,19). The molecular formula is C16H24N2O. The van der Waals surface area contributed by atoms with Gasteiger partial charge in [0.05, 0.1) is 0 Å². The van der Waals surface area contributed by atoms with Crippen molar-refractivity contribution in [1.29, 1.82) is 0 Å². The lowest BCUT2D eigenvalue weighted by Gasteiger charge is -2.20. The number of urea groups is 1. The van der Waals surface area contributed by atoms with Crippen molar-refractivity contribution in [3.05, 3.63) is 29.8 Å². The zero-order valence-corrected chi connectivity index (χ0v) is 12.1. The van der Waals surface area contributed by atoms with Gasteiger partial charge in [0.2, 0.25) is 0 Å². The predicted molar refractivity (Wildman–Crippen MR) is 79.6 cm³/mol. The second-order valence-electron chi connectivity index (χ2n) is 6.41. The van der Waals surface area contributed by atoms with Crippen LogP contribution < -0.4 is 10.6 Å². The Hall–Kier alpha value is -1.51. The average Bonchev–Trinajstić information content (AvgIpc) is 2.80. The van der Waals surface area contributed by atoms with Gasteiger partial charge in [0.25, 0.3) is 0 Å². The summed E-state index contributed by atoms with van der Waals surface area (Å²) in [5.41, 5.74) is 2.19. The molecule has 1 fully saturated rings. The summed E-state index contributed by atoms with van der Waals surface area (Å²) in [6, 6.07) is 8.34. The zero-order valence-electron chi connectivity index (χ0n) is 12.1. The summed E-state index contributed by atoms with van der Waals surface area (Å²) in [6.07, 6.45) is 4.67. The van der Waals surface area contributed by atoms with E-state index in [0.717, 1.165) is 18.5 Å². The third kappa shape index (κ3) is 3.98. The lowest BCUT2D eigenvalue weighted by Crippen LogP contribution is -2.36. The number of hydrogen-bond donors (Lipinski definition) is 2. The van der Waals surface area contributed by atoms with Crippen LogP contribution in [0.4, 0.5) is 10.5 Å². The van der Waals surface area contributed by atoms with E-state index in [2.05, 4.69) is 37.5 Å². The topological polar surface area (TPSA) is 41.1 Å². The van der Waals surface area contributed by atoms with Crippen molar-refractivity contribution in [2.24, 2.45) is 0 Å². The van der Waals surface area contributed by atoms with E-state index < -0.39 is 0 Å². The monoisotopic (exact) mass is 260 g/mol. The van der Waals surface area contributed by atoms with E-state index in [1.807, 2.05) is 18.2 Å². The van der Waals surface area contributed by atoms with Crippen molar-refractivity contribution in [1.82, 2.24) is 5.32 Å². The highest BCUT2D eigenvalue weighted by Crippen LogP contribution is 2.24. The van der Waals surface area contributed by atoms with Gasteiger partial charge in [-0.3, -0.25) is 0 Å². The first kappa shape index (κ1) is 13.9. The summed E-state index contributed by atoms with van der Waals surface area (Å²) in [5, 5.41) is 5.97. The average molecular weight is 260 g/mol. The maximum Gasteiger partial charge on any atom is 0.319 e. The molecule has 2 amide bonds. The molecule has 1 saturated carbocycles. The third-order valence-corrected chi connectivity index (χ3v) is 3.68. The number of anilines is 1. The van der Waals surface area contributed by atoms with Crippen LogP contribution in [0, 0.1) is 0 Å². The summed E-state index contributed by atoms with van der Waals surface area (Å²) >= 11 is 0. The van der Waals surface area contributed by atoms with Crippen molar-refractivity contribution in [3.63, 3.8) is 0 Å². The molecule has 104 valence electrons. The number of amides is 2. The van der Waals surface area contributed by atoms with E-state index in [9.17, 15) is 4.79 Å². The second-order valence-corrected chi connectivity index (χ2v) is 6.41. The first-order valence-electron chi connectivity index (χ1n) is 7.13. The number of carbonyl (C=O) groups is 1. The van der Waals surface area contributed by atoms with Crippen LogP contribution in [0.2, 0.25) is 0 Å². The van der Waals surface area contributed by atoms with E-state index in [4.69, 9.17) is 0 Å². The van der Waals surface area contributed by atoms with Gasteiger partial charge < -0.3 is 10.6 Å². The Balaban J connectivity index is 1.96. The van der Waals surface area contributed by atoms with Gasteiger partial charge in [-0.15, -0.1) is 0 Å². The number of benzene rings is 1. The molecular weight excluding hydrogens is 236 g/mol. The SMILES string of the molecule is CC(C)(C)c1cccc(NC(=O)NC2CCCC2)c1. The minimum absolute atomic E-state index is 0.0852. The molecule has 1 aromatic carbocycles. The van der Waals surface area contributed by atoms with Crippen LogP contribution in [-0.2, 0) is 5.41 Å². The smallest absolute Gasteiger partial charge is 0.319 e. The molecule has 0 aliphatic heterocycles. The number of rotatable bonds is 2. The minimum Gasteiger partial charge on any atom is -0.335 e. The summed E-state index contributed by atoms with van der Waals surface area (Å²) in [5.74, 6) is 0. The van der Waals surface area contributed by atoms with Crippen LogP contribution in [0.5, 0.6) is 0 Å². The largest absolute Gasteiger partial charge is 0.335 e. The summed E-state index contributed by atoms with van der Waals surface area (Å²) in [6.45, 7) is 6.51. The second kappa shape index (κ2) is 5.64. The highest BCUT2D eigenvalue weighted by atomic mass is 16.2. The van der Waals surface area contributed by atoms with Crippen LogP contribution in [0.25, 0.3) is 0 Å². The Morgan fingerprint density at radius 3 is 2.53 bits per heavy atom.